The molecule has 21 heavy (non-hydrogen) atoms. The SMILES string of the molecule is CCCNC1CC(c2ccccc2C(F)(F)F)C1(C)CC. The lowest BCUT2D eigenvalue weighted by atomic mass is 9.53. The molecule has 0 aromatic heterocycles. The molecular weight excluding hydrogens is 275 g/mol. The molecular formula is C17H24F3N. The van der Waals surface area contributed by atoms with E-state index >= 15 is 0 Å². The molecule has 0 heterocycles. The van der Waals surface area contributed by atoms with Crippen LogP contribution >= 0.6 is 0 Å². The van der Waals surface area contributed by atoms with Crippen LogP contribution < -0.4 is 5.32 Å². The Bertz CT molecular complexity index is 483. The fraction of sp³-hybridized carbons (Fsp3) is 0.647. The van der Waals surface area contributed by atoms with E-state index in [1.54, 1.807) is 12.1 Å². The summed E-state index contributed by atoms with van der Waals surface area (Å²) < 4.78 is 39.6. The highest BCUT2D eigenvalue weighted by Crippen LogP contribution is 2.56. The van der Waals surface area contributed by atoms with Crippen molar-refractivity contribution in [3.8, 4) is 0 Å². The number of hydrogen-bond donors (Lipinski definition) is 1. The van der Waals surface area contributed by atoms with Crippen LogP contribution in [0.4, 0.5) is 13.2 Å². The maximum absolute atomic E-state index is 13.2. The van der Waals surface area contributed by atoms with E-state index in [9.17, 15) is 13.2 Å². The van der Waals surface area contributed by atoms with Crippen LogP contribution in [0.5, 0.6) is 0 Å². The van der Waals surface area contributed by atoms with E-state index in [1.807, 2.05) is 0 Å². The fourth-order valence-electron chi connectivity index (χ4n) is 3.53. The maximum Gasteiger partial charge on any atom is 0.416 e. The second-order valence-corrected chi connectivity index (χ2v) is 6.24. The predicted molar refractivity (Wildman–Crippen MR) is 79.3 cm³/mol. The van der Waals surface area contributed by atoms with Crippen LogP contribution in [0.25, 0.3) is 0 Å². The summed E-state index contributed by atoms with van der Waals surface area (Å²) in [5.41, 5.74) is -0.108. The third-order valence-electron chi connectivity index (χ3n) is 5.11. The standard InChI is InChI=1S/C17H24F3N/c1-4-10-21-15-11-14(16(15,3)5-2)12-8-6-7-9-13(12)17(18,19)20/h6-9,14-15,21H,4-5,10-11H2,1-3H3. The van der Waals surface area contributed by atoms with Crippen LogP contribution in [-0.4, -0.2) is 12.6 Å². The van der Waals surface area contributed by atoms with Gasteiger partial charge >= 0.3 is 6.18 Å². The van der Waals surface area contributed by atoms with Crippen molar-refractivity contribution in [1.82, 2.24) is 5.32 Å². The lowest BCUT2D eigenvalue weighted by Crippen LogP contribution is -2.57. The molecule has 0 aliphatic heterocycles. The number of halogens is 3. The minimum atomic E-state index is -4.27. The van der Waals surface area contributed by atoms with Gasteiger partial charge in [0.2, 0.25) is 0 Å². The Morgan fingerprint density at radius 1 is 1.24 bits per heavy atom. The monoisotopic (exact) mass is 299 g/mol. The molecule has 1 aliphatic rings. The molecule has 4 heteroatoms. The highest BCUT2D eigenvalue weighted by atomic mass is 19.4. The zero-order valence-corrected chi connectivity index (χ0v) is 12.9. The number of benzene rings is 1. The Balaban J connectivity index is 2.28. The quantitative estimate of drug-likeness (QED) is 0.808. The maximum atomic E-state index is 13.2. The zero-order chi connectivity index (χ0) is 15.7. The first-order valence-corrected chi connectivity index (χ1v) is 7.74. The molecule has 3 unspecified atom stereocenters. The molecule has 1 N–H and O–H groups in total. The minimum Gasteiger partial charge on any atom is -0.313 e. The molecule has 1 saturated carbocycles. The summed E-state index contributed by atoms with van der Waals surface area (Å²) in [6.45, 7) is 7.21. The largest absolute Gasteiger partial charge is 0.416 e. The summed E-state index contributed by atoms with van der Waals surface area (Å²) in [5.74, 6) is -0.0188. The van der Waals surface area contributed by atoms with Gasteiger partial charge < -0.3 is 5.32 Å². The summed E-state index contributed by atoms with van der Waals surface area (Å²) in [6, 6.07) is 6.36. The molecule has 2 rings (SSSR count). The van der Waals surface area contributed by atoms with Crippen LogP contribution in [0.2, 0.25) is 0 Å². The van der Waals surface area contributed by atoms with Gasteiger partial charge in [-0.05, 0) is 48.8 Å². The third kappa shape index (κ3) is 2.96. The van der Waals surface area contributed by atoms with Crippen LogP contribution in [-0.2, 0) is 6.18 Å². The van der Waals surface area contributed by atoms with Crippen molar-refractivity contribution >= 4 is 0 Å². The Hall–Kier alpha value is -1.03. The average molecular weight is 299 g/mol. The smallest absolute Gasteiger partial charge is 0.313 e. The third-order valence-corrected chi connectivity index (χ3v) is 5.11. The Kier molecular flexibility index (Phi) is 4.66. The van der Waals surface area contributed by atoms with Crippen molar-refractivity contribution in [3.63, 3.8) is 0 Å². The van der Waals surface area contributed by atoms with Crippen molar-refractivity contribution in [2.24, 2.45) is 5.41 Å². The van der Waals surface area contributed by atoms with Gasteiger partial charge in [-0.2, -0.15) is 13.2 Å². The van der Waals surface area contributed by atoms with Crippen LogP contribution in [0.1, 0.15) is 57.1 Å². The normalized spacial score (nSPS) is 29.2. The molecule has 1 nitrogen and oxygen atoms in total. The van der Waals surface area contributed by atoms with E-state index in [0.29, 0.717) is 11.6 Å². The fourth-order valence-corrected chi connectivity index (χ4v) is 3.53. The summed E-state index contributed by atoms with van der Waals surface area (Å²) in [6.07, 6.45) is -1.56. The number of hydrogen-bond acceptors (Lipinski definition) is 1. The number of alkyl halides is 3. The van der Waals surface area contributed by atoms with Crippen LogP contribution in [0.15, 0.2) is 24.3 Å². The van der Waals surface area contributed by atoms with E-state index < -0.39 is 11.7 Å². The number of rotatable bonds is 5. The van der Waals surface area contributed by atoms with Gasteiger partial charge in [-0.1, -0.05) is 39.0 Å². The van der Waals surface area contributed by atoms with Gasteiger partial charge in [-0.3, -0.25) is 0 Å². The molecule has 1 aromatic carbocycles. The lowest BCUT2D eigenvalue weighted by molar-refractivity contribution is -0.139. The first-order chi connectivity index (χ1) is 9.84. The van der Waals surface area contributed by atoms with Gasteiger partial charge in [-0.15, -0.1) is 0 Å². The minimum absolute atomic E-state index is 0.0188. The summed E-state index contributed by atoms with van der Waals surface area (Å²) in [5, 5.41) is 3.49. The second-order valence-electron chi connectivity index (χ2n) is 6.24. The van der Waals surface area contributed by atoms with Gasteiger partial charge in [0.15, 0.2) is 0 Å². The molecule has 1 aromatic rings. The Morgan fingerprint density at radius 3 is 2.48 bits per heavy atom. The van der Waals surface area contributed by atoms with Crippen LogP contribution in [0, 0.1) is 5.41 Å². The molecule has 0 radical (unpaired) electrons. The van der Waals surface area contributed by atoms with Gasteiger partial charge in [0.05, 0.1) is 5.56 Å². The molecule has 1 aliphatic carbocycles. The van der Waals surface area contributed by atoms with Crippen LogP contribution in [0.3, 0.4) is 0 Å². The van der Waals surface area contributed by atoms with E-state index in [2.05, 4.69) is 26.1 Å². The van der Waals surface area contributed by atoms with Crippen molar-refractivity contribution in [1.29, 1.82) is 0 Å². The molecule has 0 amide bonds. The van der Waals surface area contributed by atoms with E-state index in [1.165, 1.54) is 12.1 Å². The molecule has 0 saturated heterocycles. The van der Waals surface area contributed by atoms with Gasteiger partial charge in [0.25, 0.3) is 0 Å². The zero-order valence-electron chi connectivity index (χ0n) is 12.9. The molecule has 3 atom stereocenters. The number of nitrogens with one attached hydrogen (secondary N) is 1. The molecule has 0 spiro atoms. The highest BCUT2D eigenvalue weighted by Gasteiger charge is 2.52. The van der Waals surface area contributed by atoms with Crippen molar-refractivity contribution in [2.45, 2.75) is 58.2 Å². The molecule has 1 fully saturated rings. The van der Waals surface area contributed by atoms with Crippen molar-refractivity contribution in [2.75, 3.05) is 6.54 Å². The summed E-state index contributed by atoms with van der Waals surface area (Å²) >= 11 is 0. The van der Waals surface area contributed by atoms with E-state index in [4.69, 9.17) is 0 Å². The van der Waals surface area contributed by atoms with Crippen molar-refractivity contribution in [3.05, 3.63) is 35.4 Å². The molecule has 0 bridgehead atoms. The van der Waals surface area contributed by atoms with E-state index in [-0.39, 0.29) is 11.3 Å². The molecule has 118 valence electrons. The Labute approximate surface area is 124 Å². The average Bonchev–Trinajstić information content (AvgIpc) is 2.44. The van der Waals surface area contributed by atoms with Gasteiger partial charge in [0, 0.05) is 6.04 Å². The van der Waals surface area contributed by atoms with E-state index in [0.717, 1.165) is 25.8 Å². The predicted octanol–water partition coefficient (Wildman–Crippen LogP) is 4.98. The first kappa shape index (κ1) is 16.3. The Morgan fingerprint density at radius 2 is 1.90 bits per heavy atom. The lowest BCUT2D eigenvalue weighted by Gasteiger charge is -2.55. The van der Waals surface area contributed by atoms with Gasteiger partial charge in [-0.25, -0.2) is 0 Å². The van der Waals surface area contributed by atoms with Crippen molar-refractivity contribution < 1.29 is 13.2 Å². The first-order valence-electron chi connectivity index (χ1n) is 7.74. The summed E-state index contributed by atoms with van der Waals surface area (Å²) in [4.78, 5) is 0. The summed E-state index contributed by atoms with van der Waals surface area (Å²) in [7, 11) is 0. The van der Waals surface area contributed by atoms with Gasteiger partial charge in [0.1, 0.15) is 0 Å². The highest BCUT2D eigenvalue weighted by molar-refractivity contribution is 5.37. The second kappa shape index (κ2) is 5.99. The topological polar surface area (TPSA) is 12.0 Å².